The second-order valence-electron chi connectivity index (χ2n) is 5.71. The Hall–Kier alpha value is -1.10. The molecular weight excluding hydrogens is 244 g/mol. The van der Waals surface area contributed by atoms with Crippen LogP contribution in [0.5, 0.6) is 0 Å². The summed E-state index contributed by atoms with van der Waals surface area (Å²) in [7, 11) is 0. The van der Waals surface area contributed by atoms with Gasteiger partial charge < -0.3 is 10.4 Å². The van der Waals surface area contributed by atoms with Gasteiger partial charge in [-0.1, -0.05) is 6.92 Å². The van der Waals surface area contributed by atoms with Crippen LogP contribution in [-0.4, -0.2) is 47.6 Å². The molecule has 1 aliphatic carbocycles. The van der Waals surface area contributed by atoms with Crippen LogP contribution in [-0.2, 0) is 9.59 Å². The van der Waals surface area contributed by atoms with Crippen molar-refractivity contribution in [3.05, 3.63) is 0 Å². The number of aliphatic carboxylic acids is 1. The molecule has 5 heteroatoms. The van der Waals surface area contributed by atoms with Crippen LogP contribution in [0.15, 0.2) is 0 Å². The second kappa shape index (κ2) is 6.37. The van der Waals surface area contributed by atoms with Gasteiger partial charge in [0.05, 0.1) is 5.92 Å². The number of carbonyl (C=O) groups excluding carboxylic acids is 1. The van der Waals surface area contributed by atoms with Gasteiger partial charge in [0.15, 0.2) is 0 Å². The molecule has 19 heavy (non-hydrogen) atoms. The van der Waals surface area contributed by atoms with Crippen LogP contribution in [0.3, 0.4) is 0 Å². The summed E-state index contributed by atoms with van der Waals surface area (Å²) in [5.41, 5.74) is 0. The first kappa shape index (κ1) is 14.3. The monoisotopic (exact) mass is 268 g/mol. The van der Waals surface area contributed by atoms with E-state index in [1.54, 1.807) is 0 Å². The first-order valence-electron chi connectivity index (χ1n) is 7.36. The van der Waals surface area contributed by atoms with Crippen molar-refractivity contribution in [2.45, 2.75) is 45.1 Å². The lowest BCUT2D eigenvalue weighted by atomic mass is 10.0. The fourth-order valence-corrected chi connectivity index (χ4v) is 3.35. The first-order valence-corrected chi connectivity index (χ1v) is 7.36. The van der Waals surface area contributed by atoms with E-state index < -0.39 is 5.97 Å². The summed E-state index contributed by atoms with van der Waals surface area (Å²) < 4.78 is 0. The predicted octanol–water partition coefficient (Wildman–Crippen LogP) is 1.09. The number of carboxylic acids is 1. The van der Waals surface area contributed by atoms with Crippen LogP contribution in [0.2, 0.25) is 0 Å². The van der Waals surface area contributed by atoms with Crippen LogP contribution in [0.25, 0.3) is 0 Å². The van der Waals surface area contributed by atoms with Crippen molar-refractivity contribution in [2.75, 3.05) is 19.6 Å². The highest BCUT2D eigenvalue weighted by Crippen LogP contribution is 2.31. The molecule has 108 valence electrons. The molecule has 0 bridgehead atoms. The zero-order valence-electron chi connectivity index (χ0n) is 11.6. The number of carboxylic acid groups (broad SMARTS) is 1. The number of hydrogen-bond acceptors (Lipinski definition) is 3. The van der Waals surface area contributed by atoms with Gasteiger partial charge in [0.1, 0.15) is 0 Å². The largest absolute Gasteiger partial charge is 0.481 e. The van der Waals surface area contributed by atoms with Crippen molar-refractivity contribution in [1.82, 2.24) is 10.2 Å². The van der Waals surface area contributed by atoms with Crippen LogP contribution < -0.4 is 5.32 Å². The summed E-state index contributed by atoms with van der Waals surface area (Å²) in [6.07, 6.45) is 4.21. The Morgan fingerprint density at radius 3 is 2.63 bits per heavy atom. The molecule has 2 aliphatic rings. The van der Waals surface area contributed by atoms with Gasteiger partial charge in [-0.25, -0.2) is 0 Å². The lowest BCUT2D eigenvalue weighted by Gasteiger charge is -2.23. The number of amides is 1. The van der Waals surface area contributed by atoms with E-state index in [2.05, 4.69) is 17.1 Å². The Kier molecular flexibility index (Phi) is 4.80. The molecule has 3 atom stereocenters. The molecule has 2 fully saturated rings. The lowest BCUT2D eigenvalue weighted by molar-refractivity contribution is -0.141. The van der Waals surface area contributed by atoms with Crippen molar-refractivity contribution >= 4 is 11.9 Å². The van der Waals surface area contributed by atoms with E-state index in [-0.39, 0.29) is 17.7 Å². The Balaban J connectivity index is 1.74. The molecule has 2 rings (SSSR count). The highest BCUT2D eigenvalue weighted by molar-refractivity contribution is 5.80. The molecule has 0 aromatic rings. The maximum Gasteiger partial charge on any atom is 0.306 e. The number of hydrogen-bond donors (Lipinski definition) is 2. The first-order chi connectivity index (χ1) is 9.11. The van der Waals surface area contributed by atoms with Gasteiger partial charge in [-0.15, -0.1) is 0 Å². The quantitative estimate of drug-likeness (QED) is 0.783. The summed E-state index contributed by atoms with van der Waals surface area (Å²) >= 11 is 0. The molecule has 1 saturated heterocycles. The summed E-state index contributed by atoms with van der Waals surface area (Å²) in [4.78, 5) is 25.3. The maximum absolute atomic E-state index is 12.0. The van der Waals surface area contributed by atoms with E-state index in [1.807, 2.05) is 0 Å². The molecule has 1 heterocycles. The lowest BCUT2D eigenvalue weighted by Crippen LogP contribution is -2.41. The van der Waals surface area contributed by atoms with Crippen LogP contribution in [0.1, 0.15) is 39.0 Å². The van der Waals surface area contributed by atoms with Gasteiger partial charge in [0.25, 0.3) is 0 Å². The summed E-state index contributed by atoms with van der Waals surface area (Å²) in [6, 6.07) is 0.464. The molecular formula is C14H24N2O3. The minimum absolute atomic E-state index is 0.0479. The highest BCUT2D eigenvalue weighted by Gasteiger charge is 2.34. The third-order valence-electron chi connectivity index (χ3n) is 4.57. The second-order valence-corrected chi connectivity index (χ2v) is 5.71. The zero-order chi connectivity index (χ0) is 13.8. The molecule has 1 aliphatic heterocycles. The van der Waals surface area contributed by atoms with Gasteiger partial charge in [-0.05, 0) is 45.2 Å². The molecule has 0 spiro atoms. The number of likely N-dealkylation sites (N-methyl/N-ethyl adjacent to an activating group) is 1. The summed E-state index contributed by atoms with van der Waals surface area (Å²) in [5.74, 6) is -1.14. The summed E-state index contributed by atoms with van der Waals surface area (Å²) in [5, 5.41) is 12.0. The molecule has 0 aromatic heterocycles. The van der Waals surface area contributed by atoms with Crippen molar-refractivity contribution < 1.29 is 14.7 Å². The minimum atomic E-state index is -0.761. The van der Waals surface area contributed by atoms with Gasteiger partial charge in [-0.2, -0.15) is 0 Å². The van der Waals surface area contributed by atoms with Crippen molar-refractivity contribution in [3.8, 4) is 0 Å². The molecule has 1 saturated carbocycles. The van der Waals surface area contributed by atoms with E-state index in [0.717, 1.165) is 19.5 Å². The molecule has 0 aromatic carbocycles. The fraction of sp³-hybridized carbons (Fsp3) is 0.857. The average Bonchev–Trinajstić information content (AvgIpc) is 3.04. The van der Waals surface area contributed by atoms with Gasteiger partial charge >= 0.3 is 5.97 Å². The van der Waals surface area contributed by atoms with Crippen molar-refractivity contribution in [1.29, 1.82) is 0 Å². The zero-order valence-corrected chi connectivity index (χ0v) is 11.6. The van der Waals surface area contributed by atoms with Crippen LogP contribution in [0.4, 0.5) is 0 Å². The minimum Gasteiger partial charge on any atom is -0.481 e. The fourth-order valence-electron chi connectivity index (χ4n) is 3.35. The molecule has 0 radical (unpaired) electrons. The van der Waals surface area contributed by atoms with Gasteiger partial charge in [-0.3, -0.25) is 14.5 Å². The maximum atomic E-state index is 12.0. The van der Waals surface area contributed by atoms with Gasteiger partial charge in [0.2, 0.25) is 5.91 Å². The van der Waals surface area contributed by atoms with Crippen molar-refractivity contribution in [3.63, 3.8) is 0 Å². The van der Waals surface area contributed by atoms with Crippen LogP contribution in [0, 0.1) is 11.8 Å². The average molecular weight is 268 g/mol. The third-order valence-corrected chi connectivity index (χ3v) is 4.57. The Morgan fingerprint density at radius 1 is 1.26 bits per heavy atom. The number of carbonyl (C=O) groups is 2. The highest BCUT2D eigenvalue weighted by atomic mass is 16.4. The van der Waals surface area contributed by atoms with Gasteiger partial charge in [0, 0.05) is 18.5 Å². The van der Waals surface area contributed by atoms with E-state index in [4.69, 9.17) is 5.11 Å². The number of nitrogens with zero attached hydrogens (tertiary/aromatic N) is 1. The Morgan fingerprint density at radius 2 is 2.00 bits per heavy atom. The molecule has 3 unspecified atom stereocenters. The summed E-state index contributed by atoms with van der Waals surface area (Å²) in [6.45, 7) is 5.02. The van der Waals surface area contributed by atoms with E-state index >= 15 is 0 Å². The van der Waals surface area contributed by atoms with E-state index in [9.17, 15) is 9.59 Å². The topological polar surface area (TPSA) is 69.6 Å². The standard InChI is InChI=1S/C14H24N2O3/c1-2-16-7-3-4-12(16)9-15-13(17)10-5-6-11(8-10)14(18)19/h10-12H,2-9H2,1H3,(H,15,17)(H,18,19). The number of rotatable bonds is 5. The Bertz CT molecular complexity index is 346. The van der Waals surface area contributed by atoms with E-state index in [0.29, 0.717) is 31.8 Å². The molecule has 1 amide bonds. The van der Waals surface area contributed by atoms with Crippen LogP contribution >= 0.6 is 0 Å². The Labute approximate surface area is 114 Å². The van der Waals surface area contributed by atoms with Crippen molar-refractivity contribution in [2.24, 2.45) is 11.8 Å². The molecule has 5 nitrogen and oxygen atoms in total. The molecule has 2 N–H and O–H groups in total. The SMILES string of the molecule is CCN1CCCC1CNC(=O)C1CCC(C(=O)O)C1. The third kappa shape index (κ3) is 3.47. The number of nitrogens with one attached hydrogen (secondary N) is 1. The normalized spacial score (nSPS) is 31.5. The smallest absolute Gasteiger partial charge is 0.306 e. The number of likely N-dealkylation sites (tertiary alicyclic amines) is 1. The van der Waals surface area contributed by atoms with E-state index in [1.165, 1.54) is 6.42 Å². The predicted molar refractivity (Wildman–Crippen MR) is 71.7 cm³/mol.